The van der Waals surface area contributed by atoms with Gasteiger partial charge in [-0.1, -0.05) is 6.07 Å². The number of nitrogens with one attached hydrogen (secondary N) is 1. The summed E-state index contributed by atoms with van der Waals surface area (Å²) in [5.41, 5.74) is 1.50. The molecule has 0 aliphatic rings. The van der Waals surface area contributed by atoms with Gasteiger partial charge in [0, 0.05) is 18.8 Å². The zero-order valence-electron chi connectivity index (χ0n) is 10.4. The molecule has 0 saturated carbocycles. The molecule has 0 aliphatic heterocycles. The lowest BCUT2D eigenvalue weighted by Crippen LogP contribution is -2.20. The molecule has 1 N–H and O–H groups in total. The second-order valence-electron chi connectivity index (χ2n) is 4.23. The molecule has 2 aromatic heterocycles. The number of H-pyrrole nitrogens is 1. The van der Waals surface area contributed by atoms with E-state index in [1.165, 1.54) is 17.8 Å². The van der Waals surface area contributed by atoms with Crippen LogP contribution in [0.4, 0.5) is 0 Å². The van der Waals surface area contributed by atoms with Gasteiger partial charge in [0.15, 0.2) is 5.58 Å². The number of fused-ring (bicyclic) bond motifs is 1. The van der Waals surface area contributed by atoms with E-state index in [2.05, 4.69) is 9.97 Å². The van der Waals surface area contributed by atoms with E-state index in [0.29, 0.717) is 16.7 Å². The van der Waals surface area contributed by atoms with E-state index >= 15 is 0 Å². The van der Waals surface area contributed by atoms with Gasteiger partial charge in [-0.25, -0.2) is 9.59 Å². The maximum atomic E-state index is 11.6. The second-order valence-corrected chi connectivity index (χ2v) is 4.23. The van der Waals surface area contributed by atoms with Crippen LogP contribution >= 0.6 is 0 Å². The molecule has 20 heavy (non-hydrogen) atoms. The Kier molecular flexibility index (Phi) is 2.51. The highest BCUT2D eigenvalue weighted by Crippen LogP contribution is 2.23. The molecular formula is C13H8N4O3. The van der Waals surface area contributed by atoms with Crippen LogP contribution in [-0.2, 0) is 7.05 Å². The Labute approximate surface area is 111 Å². The molecule has 98 valence electrons. The van der Waals surface area contributed by atoms with Crippen molar-refractivity contribution >= 4 is 11.1 Å². The summed E-state index contributed by atoms with van der Waals surface area (Å²) in [5.74, 6) is -0.561. The average Bonchev–Trinajstić information content (AvgIpc) is 2.80. The highest BCUT2D eigenvalue weighted by Gasteiger charge is 2.11. The van der Waals surface area contributed by atoms with Gasteiger partial charge >= 0.3 is 11.4 Å². The van der Waals surface area contributed by atoms with E-state index in [1.807, 2.05) is 6.07 Å². The van der Waals surface area contributed by atoms with E-state index in [0.717, 1.165) is 0 Å². The van der Waals surface area contributed by atoms with Gasteiger partial charge in [-0.05, 0) is 12.1 Å². The summed E-state index contributed by atoms with van der Waals surface area (Å²) >= 11 is 0. The van der Waals surface area contributed by atoms with Crippen molar-refractivity contribution in [2.75, 3.05) is 0 Å². The molecule has 0 fully saturated rings. The van der Waals surface area contributed by atoms with Crippen molar-refractivity contribution in [1.82, 2.24) is 14.5 Å². The summed E-state index contributed by atoms with van der Waals surface area (Å²) in [4.78, 5) is 29.1. The van der Waals surface area contributed by atoms with Crippen LogP contribution in [-0.4, -0.2) is 14.5 Å². The van der Waals surface area contributed by atoms with Crippen LogP contribution in [0.15, 0.2) is 38.4 Å². The molecule has 0 saturated heterocycles. The van der Waals surface area contributed by atoms with Gasteiger partial charge in [-0.3, -0.25) is 4.98 Å². The van der Waals surface area contributed by atoms with Gasteiger partial charge in [0.25, 0.3) is 0 Å². The molecular weight excluding hydrogens is 260 g/mol. The molecule has 7 heteroatoms. The summed E-state index contributed by atoms with van der Waals surface area (Å²) in [7, 11) is 1.52. The number of aryl methyl sites for hydroxylation is 1. The lowest BCUT2D eigenvalue weighted by Gasteiger charge is -2.04. The van der Waals surface area contributed by atoms with E-state index < -0.39 is 11.4 Å². The van der Waals surface area contributed by atoms with Crippen LogP contribution in [0.2, 0.25) is 0 Å². The van der Waals surface area contributed by atoms with Gasteiger partial charge in [-0.15, -0.1) is 0 Å². The number of benzene rings is 1. The fourth-order valence-corrected chi connectivity index (χ4v) is 1.94. The van der Waals surface area contributed by atoms with Crippen LogP contribution in [0.3, 0.4) is 0 Å². The maximum absolute atomic E-state index is 11.6. The van der Waals surface area contributed by atoms with E-state index in [1.54, 1.807) is 18.2 Å². The fourth-order valence-electron chi connectivity index (χ4n) is 1.94. The number of aromatic nitrogens is 3. The molecule has 0 amide bonds. The molecule has 0 aliphatic carbocycles. The molecule has 1 aromatic carbocycles. The van der Waals surface area contributed by atoms with Crippen molar-refractivity contribution in [3.05, 3.63) is 51.0 Å². The van der Waals surface area contributed by atoms with Crippen LogP contribution in [0.5, 0.6) is 0 Å². The average molecular weight is 268 g/mol. The zero-order chi connectivity index (χ0) is 14.3. The first-order chi connectivity index (χ1) is 9.58. The normalized spacial score (nSPS) is 10.6. The Bertz CT molecular complexity index is 972. The molecule has 3 rings (SSSR count). The van der Waals surface area contributed by atoms with Crippen LogP contribution in [0.1, 0.15) is 5.56 Å². The molecule has 0 bridgehead atoms. The minimum absolute atomic E-state index is 0.265. The van der Waals surface area contributed by atoms with Gasteiger partial charge in [0.1, 0.15) is 6.07 Å². The van der Waals surface area contributed by atoms with Crippen LogP contribution in [0.25, 0.3) is 22.4 Å². The third-order valence-corrected chi connectivity index (χ3v) is 2.90. The Morgan fingerprint density at radius 1 is 1.40 bits per heavy atom. The molecule has 0 unspecified atom stereocenters. The Morgan fingerprint density at radius 3 is 2.95 bits per heavy atom. The molecule has 2 heterocycles. The molecule has 0 atom stereocenters. The van der Waals surface area contributed by atoms with Gasteiger partial charge in [0.05, 0.1) is 16.8 Å². The standard InChI is InChI=1S/C13H8N4O3/c1-17-6-8(5-14)11(16-12(17)18)7-2-3-9-10(4-7)20-13(19)15-9/h2-4,6H,1H3,(H,15,19). The number of nitrogens with zero attached hydrogens (tertiary/aromatic N) is 3. The summed E-state index contributed by atoms with van der Waals surface area (Å²) in [6.07, 6.45) is 1.42. The quantitative estimate of drug-likeness (QED) is 0.701. The Balaban J connectivity index is 2.30. The van der Waals surface area contributed by atoms with Crippen LogP contribution < -0.4 is 11.4 Å². The lowest BCUT2D eigenvalue weighted by atomic mass is 10.1. The number of hydrogen-bond acceptors (Lipinski definition) is 5. The summed E-state index contributed by atoms with van der Waals surface area (Å²) in [6, 6.07) is 6.86. The molecule has 7 nitrogen and oxygen atoms in total. The van der Waals surface area contributed by atoms with E-state index in [9.17, 15) is 9.59 Å². The maximum Gasteiger partial charge on any atom is 0.417 e. The summed E-state index contributed by atoms with van der Waals surface area (Å²) in [6.45, 7) is 0. The second kappa shape index (κ2) is 4.20. The minimum atomic E-state index is -0.561. The van der Waals surface area contributed by atoms with E-state index in [-0.39, 0.29) is 11.3 Å². The first kappa shape index (κ1) is 11.9. The molecule has 3 aromatic rings. The first-order valence-electron chi connectivity index (χ1n) is 5.69. The molecule has 0 spiro atoms. The van der Waals surface area contributed by atoms with Gasteiger partial charge in [-0.2, -0.15) is 10.2 Å². The molecule has 0 radical (unpaired) electrons. The number of oxazole rings is 1. The topological polar surface area (TPSA) is 105 Å². The minimum Gasteiger partial charge on any atom is -0.408 e. The largest absolute Gasteiger partial charge is 0.417 e. The third kappa shape index (κ3) is 1.80. The van der Waals surface area contributed by atoms with Crippen molar-refractivity contribution in [3.8, 4) is 17.3 Å². The number of hydrogen-bond donors (Lipinski definition) is 1. The summed E-state index contributed by atoms with van der Waals surface area (Å²) in [5, 5.41) is 9.13. The van der Waals surface area contributed by atoms with Crippen LogP contribution in [0, 0.1) is 11.3 Å². The van der Waals surface area contributed by atoms with Crippen molar-refractivity contribution < 1.29 is 4.42 Å². The number of nitriles is 1. The van der Waals surface area contributed by atoms with Crippen molar-refractivity contribution in [3.63, 3.8) is 0 Å². The lowest BCUT2D eigenvalue weighted by molar-refractivity contribution is 0.555. The van der Waals surface area contributed by atoms with Crippen molar-refractivity contribution in [1.29, 1.82) is 5.26 Å². The predicted molar refractivity (Wildman–Crippen MR) is 70.0 cm³/mol. The highest BCUT2D eigenvalue weighted by molar-refractivity contribution is 5.80. The third-order valence-electron chi connectivity index (χ3n) is 2.90. The SMILES string of the molecule is Cn1cc(C#N)c(-c2ccc3[nH]c(=O)oc3c2)nc1=O. The number of rotatable bonds is 1. The zero-order valence-corrected chi connectivity index (χ0v) is 10.4. The van der Waals surface area contributed by atoms with E-state index in [4.69, 9.17) is 9.68 Å². The van der Waals surface area contributed by atoms with Crippen molar-refractivity contribution in [2.24, 2.45) is 7.05 Å². The van der Waals surface area contributed by atoms with Gasteiger partial charge in [0.2, 0.25) is 0 Å². The number of aromatic amines is 1. The Hall–Kier alpha value is -3.14. The summed E-state index contributed by atoms with van der Waals surface area (Å²) < 4.78 is 6.19. The monoisotopic (exact) mass is 268 g/mol. The Morgan fingerprint density at radius 2 is 2.20 bits per heavy atom. The predicted octanol–water partition coefficient (Wildman–Crippen LogP) is 0.753. The smallest absolute Gasteiger partial charge is 0.408 e. The van der Waals surface area contributed by atoms with Crippen molar-refractivity contribution in [2.45, 2.75) is 0 Å². The fraction of sp³-hybridized carbons (Fsp3) is 0.0769. The van der Waals surface area contributed by atoms with Gasteiger partial charge < -0.3 is 8.98 Å². The highest BCUT2D eigenvalue weighted by atomic mass is 16.4. The first-order valence-corrected chi connectivity index (χ1v) is 5.69.